The number of aromatic nitrogens is 1. The van der Waals surface area contributed by atoms with E-state index in [2.05, 4.69) is 44.7 Å². The predicted molar refractivity (Wildman–Crippen MR) is 99.4 cm³/mol. The van der Waals surface area contributed by atoms with E-state index in [1.165, 1.54) is 30.8 Å². The Hall–Kier alpha value is -1.14. The van der Waals surface area contributed by atoms with Crippen LogP contribution >= 0.6 is 11.3 Å². The molecule has 1 aromatic heterocycles. The summed E-state index contributed by atoms with van der Waals surface area (Å²) in [5.74, 6) is 0.929. The number of nitrogens with one attached hydrogen (secondary N) is 2. The lowest BCUT2D eigenvalue weighted by atomic mass is 10.2. The maximum atomic E-state index is 4.51. The van der Waals surface area contributed by atoms with E-state index >= 15 is 0 Å². The van der Waals surface area contributed by atoms with E-state index in [1.807, 2.05) is 7.05 Å². The standard InChI is InChI=1S/C17H31N5S/c1-4-22-11-7-8-15(22)12-20-17(18-3)19-10-6-5-9-16-21-14(2)13-23-16/h13,15H,4-12H2,1-3H3,(H2,18,19,20). The van der Waals surface area contributed by atoms with Gasteiger partial charge in [-0.05, 0) is 52.1 Å². The van der Waals surface area contributed by atoms with E-state index in [-0.39, 0.29) is 0 Å². The minimum atomic E-state index is 0.659. The average Bonchev–Trinajstić information content (AvgIpc) is 3.18. The van der Waals surface area contributed by atoms with Crippen LogP contribution in [0.3, 0.4) is 0 Å². The van der Waals surface area contributed by atoms with Gasteiger partial charge in [0, 0.05) is 37.3 Å². The van der Waals surface area contributed by atoms with E-state index in [1.54, 1.807) is 11.3 Å². The van der Waals surface area contributed by atoms with E-state index < -0.39 is 0 Å². The van der Waals surface area contributed by atoms with E-state index in [0.717, 1.165) is 44.1 Å². The van der Waals surface area contributed by atoms with Crippen molar-refractivity contribution in [1.29, 1.82) is 0 Å². The molecule has 0 aliphatic carbocycles. The largest absolute Gasteiger partial charge is 0.356 e. The molecule has 1 saturated heterocycles. The van der Waals surface area contributed by atoms with Gasteiger partial charge in [-0.2, -0.15) is 0 Å². The summed E-state index contributed by atoms with van der Waals surface area (Å²) in [5.41, 5.74) is 1.14. The first-order valence-electron chi connectivity index (χ1n) is 8.82. The van der Waals surface area contributed by atoms with E-state index in [4.69, 9.17) is 0 Å². The SMILES string of the molecule is CCN1CCCC1CNC(=NC)NCCCCc1nc(C)cs1. The molecule has 5 nitrogen and oxygen atoms in total. The van der Waals surface area contributed by atoms with Gasteiger partial charge in [-0.3, -0.25) is 9.89 Å². The normalized spacial score (nSPS) is 19.3. The molecule has 0 spiro atoms. The fourth-order valence-corrected chi connectivity index (χ4v) is 3.92. The molecule has 2 heterocycles. The zero-order valence-corrected chi connectivity index (χ0v) is 15.6. The van der Waals surface area contributed by atoms with Crippen molar-refractivity contribution in [1.82, 2.24) is 20.5 Å². The Morgan fingerprint density at radius 2 is 2.30 bits per heavy atom. The van der Waals surface area contributed by atoms with Gasteiger partial charge in [0.15, 0.2) is 5.96 Å². The van der Waals surface area contributed by atoms with Crippen LogP contribution in [0.2, 0.25) is 0 Å². The molecule has 0 bridgehead atoms. The molecule has 0 amide bonds. The fraction of sp³-hybridized carbons (Fsp3) is 0.765. The van der Waals surface area contributed by atoms with Gasteiger partial charge in [0.2, 0.25) is 0 Å². The molecule has 1 aliphatic heterocycles. The number of thiazole rings is 1. The number of nitrogens with zero attached hydrogens (tertiary/aromatic N) is 3. The van der Waals surface area contributed by atoms with E-state index in [0.29, 0.717) is 6.04 Å². The Morgan fingerprint density at radius 3 is 3.00 bits per heavy atom. The van der Waals surface area contributed by atoms with Crippen molar-refractivity contribution >= 4 is 17.3 Å². The molecule has 6 heteroatoms. The molecule has 1 unspecified atom stereocenters. The van der Waals surface area contributed by atoms with Gasteiger partial charge in [0.1, 0.15) is 0 Å². The molecule has 0 aromatic carbocycles. The van der Waals surface area contributed by atoms with Crippen molar-refractivity contribution in [3.05, 3.63) is 16.1 Å². The first-order chi connectivity index (χ1) is 11.2. The molecule has 2 N–H and O–H groups in total. The van der Waals surface area contributed by atoms with Gasteiger partial charge in [-0.1, -0.05) is 6.92 Å². The number of aryl methyl sites for hydroxylation is 2. The monoisotopic (exact) mass is 337 g/mol. The van der Waals surface area contributed by atoms with Gasteiger partial charge >= 0.3 is 0 Å². The second-order valence-electron chi connectivity index (χ2n) is 6.14. The third kappa shape index (κ3) is 6.11. The summed E-state index contributed by atoms with van der Waals surface area (Å²) < 4.78 is 0. The number of aliphatic imine (C=N–C) groups is 1. The molecule has 0 radical (unpaired) electrons. The summed E-state index contributed by atoms with van der Waals surface area (Å²) in [5, 5.41) is 10.3. The third-order valence-electron chi connectivity index (χ3n) is 4.41. The second kappa shape index (κ2) is 9.88. The predicted octanol–water partition coefficient (Wildman–Crippen LogP) is 2.42. The summed E-state index contributed by atoms with van der Waals surface area (Å²) in [7, 11) is 1.85. The van der Waals surface area contributed by atoms with Crippen LogP contribution in [0.4, 0.5) is 0 Å². The topological polar surface area (TPSA) is 52.5 Å². The lowest BCUT2D eigenvalue weighted by Crippen LogP contribution is -2.45. The van der Waals surface area contributed by atoms with Gasteiger partial charge in [-0.15, -0.1) is 11.3 Å². The van der Waals surface area contributed by atoms with Crippen LogP contribution in [0, 0.1) is 6.92 Å². The average molecular weight is 338 g/mol. The molecule has 0 saturated carbocycles. The van der Waals surface area contributed by atoms with Crippen molar-refractivity contribution < 1.29 is 0 Å². The van der Waals surface area contributed by atoms with Gasteiger partial charge in [0.05, 0.1) is 5.01 Å². The van der Waals surface area contributed by atoms with Crippen LogP contribution in [-0.2, 0) is 6.42 Å². The summed E-state index contributed by atoms with van der Waals surface area (Å²) >= 11 is 1.77. The number of hydrogen-bond donors (Lipinski definition) is 2. The highest BCUT2D eigenvalue weighted by atomic mass is 32.1. The van der Waals surface area contributed by atoms with Crippen molar-refractivity contribution in [3.8, 4) is 0 Å². The van der Waals surface area contributed by atoms with Crippen LogP contribution in [-0.4, -0.2) is 55.1 Å². The van der Waals surface area contributed by atoms with Gasteiger partial charge in [-0.25, -0.2) is 4.98 Å². The van der Waals surface area contributed by atoms with Crippen molar-refractivity contribution in [3.63, 3.8) is 0 Å². The molecule has 23 heavy (non-hydrogen) atoms. The molecule has 1 fully saturated rings. The smallest absolute Gasteiger partial charge is 0.191 e. The van der Waals surface area contributed by atoms with E-state index in [9.17, 15) is 0 Å². The molecular weight excluding hydrogens is 306 g/mol. The third-order valence-corrected chi connectivity index (χ3v) is 5.44. The first-order valence-corrected chi connectivity index (χ1v) is 9.70. The number of guanidine groups is 1. The van der Waals surface area contributed by atoms with Gasteiger partial charge in [0.25, 0.3) is 0 Å². The summed E-state index contributed by atoms with van der Waals surface area (Å²) in [4.78, 5) is 11.4. The lowest BCUT2D eigenvalue weighted by molar-refractivity contribution is 0.267. The summed E-state index contributed by atoms with van der Waals surface area (Å²) in [6, 6.07) is 0.659. The maximum absolute atomic E-state index is 4.51. The number of unbranched alkanes of at least 4 members (excludes halogenated alkanes) is 1. The Morgan fingerprint density at radius 1 is 1.43 bits per heavy atom. The maximum Gasteiger partial charge on any atom is 0.191 e. The highest BCUT2D eigenvalue weighted by Gasteiger charge is 2.22. The number of rotatable bonds is 8. The molecule has 1 atom stereocenters. The van der Waals surface area contributed by atoms with Crippen LogP contribution in [0.1, 0.15) is 43.3 Å². The van der Waals surface area contributed by atoms with Crippen molar-refractivity contribution in [2.75, 3.05) is 33.2 Å². The molecule has 1 aromatic rings. The Balaban J connectivity index is 1.57. The number of hydrogen-bond acceptors (Lipinski definition) is 4. The lowest BCUT2D eigenvalue weighted by Gasteiger charge is -2.23. The highest BCUT2D eigenvalue weighted by Crippen LogP contribution is 2.15. The number of likely N-dealkylation sites (tertiary alicyclic amines) is 1. The van der Waals surface area contributed by atoms with Crippen LogP contribution < -0.4 is 10.6 Å². The Bertz CT molecular complexity index is 485. The summed E-state index contributed by atoms with van der Waals surface area (Å²) in [6.07, 6.45) is 6.01. The van der Waals surface area contributed by atoms with Crippen molar-refractivity contribution in [2.45, 2.75) is 52.0 Å². The zero-order chi connectivity index (χ0) is 16.5. The van der Waals surface area contributed by atoms with Gasteiger partial charge < -0.3 is 10.6 Å². The molecule has 130 valence electrons. The minimum absolute atomic E-state index is 0.659. The highest BCUT2D eigenvalue weighted by molar-refractivity contribution is 7.09. The summed E-state index contributed by atoms with van der Waals surface area (Å²) in [6.45, 7) is 8.65. The quantitative estimate of drug-likeness (QED) is 0.435. The molecule has 1 aliphatic rings. The fourth-order valence-electron chi connectivity index (χ4n) is 3.10. The van der Waals surface area contributed by atoms with Crippen molar-refractivity contribution in [2.24, 2.45) is 4.99 Å². The Kier molecular flexibility index (Phi) is 7.82. The number of likely N-dealkylation sites (N-methyl/N-ethyl adjacent to an activating group) is 1. The first kappa shape index (κ1) is 18.2. The Labute approximate surface area is 144 Å². The van der Waals surface area contributed by atoms with Crippen LogP contribution in [0.25, 0.3) is 0 Å². The molecular formula is C17H31N5S. The zero-order valence-electron chi connectivity index (χ0n) is 14.8. The second-order valence-corrected chi connectivity index (χ2v) is 7.09. The van der Waals surface area contributed by atoms with Crippen LogP contribution in [0.15, 0.2) is 10.4 Å². The molecule has 2 rings (SSSR count). The minimum Gasteiger partial charge on any atom is -0.356 e. The van der Waals surface area contributed by atoms with Crippen LogP contribution in [0.5, 0.6) is 0 Å².